The standard InChI is InChI=1S/C14H16N4OS/c15-6-9-5-13(19)18(7-9)14-17-12(8-20-14)10-1-3-11(16)4-2-10/h1-4,8-9H,5-7,15-16H2. The SMILES string of the molecule is NCC1CC(=O)N(c2nc(-c3ccc(N)cc3)cs2)C1. The lowest BCUT2D eigenvalue weighted by atomic mass is 10.1. The minimum absolute atomic E-state index is 0.110. The van der Waals surface area contributed by atoms with Crippen LogP contribution in [0.25, 0.3) is 11.3 Å². The van der Waals surface area contributed by atoms with Gasteiger partial charge in [-0.2, -0.15) is 0 Å². The maximum Gasteiger partial charge on any atom is 0.229 e. The van der Waals surface area contributed by atoms with Crippen molar-refractivity contribution in [3.8, 4) is 11.3 Å². The molecule has 1 aromatic carbocycles. The first kappa shape index (κ1) is 13.1. The van der Waals surface area contributed by atoms with Crippen LogP contribution >= 0.6 is 11.3 Å². The molecule has 1 aliphatic heterocycles. The lowest BCUT2D eigenvalue weighted by Crippen LogP contribution is -2.25. The van der Waals surface area contributed by atoms with Gasteiger partial charge in [-0.3, -0.25) is 9.69 Å². The molecule has 1 fully saturated rings. The molecule has 104 valence electrons. The van der Waals surface area contributed by atoms with Crippen molar-refractivity contribution in [1.82, 2.24) is 4.98 Å². The highest BCUT2D eigenvalue weighted by atomic mass is 32.1. The zero-order valence-electron chi connectivity index (χ0n) is 11.0. The van der Waals surface area contributed by atoms with Crippen LogP contribution in [0, 0.1) is 5.92 Å². The number of benzene rings is 1. The van der Waals surface area contributed by atoms with E-state index in [0.717, 1.165) is 22.1 Å². The molecule has 5 nitrogen and oxygen atoms in total. The van der Waals surface area contributed by atoms with Crippen molar-refractivity contribution in [2.24, 2.45) is 11.7 Å². The maximum absolute atomic E-state index is 12.0. The van der Waals surface area contributed by atoms with Crippen molar-refractivity contribution in [1.29, 1.82) is 0 Å². The second-order valence-electron chi connectivity index (χ2n) is 4.95. The molecule has 1 amide bonds. The topological polar surface area (TPSA) is 85.2 Å². The Kier molecular flexibility index (Phi) is 3.42. The fraction of sp³-hybridized carbons (Fsp3) is 0.286. The number of carbonyl (C=O) groups is 1. The number of nitrogens with zero attached hydrogens (tertiary/aromatic N) is 2. The number of aromatic nitrogens is 1. The first-order chi connectivity index (χ1) is 9.67. The Hall–Kier alpha value is -1.92. The van der Waals surface area contributed by atoms with Gasteiger partial charge in [0, 0.05) is 29.6 Å². The number of nitrogens with two attached hydrogens (primary N) is 2. The fourth-order valence-electron chi connectivity index (χ4n) is 2.30. The third-order valence-electron chi connectivity index (χ3n) is 3.47. The molecule has 0 bridgehead atoms. The van der Waals surface area contributed by atoms with Crippen molar-refractivity contribution in [2.45, 2.75) is 6.42 Å². The lowest BCUT2D eigenvalue weighted by Gasteiger charge is -2.12. The van der Waals surface area contributed by atoms with Crippen LogP contribution in [0.1, 0.15) is 6.42 Å². The number of hydrogen-bond acceptors (Lipinski definition) is 5. The molecule has 20 heavy (non-hydrogen) atoms. The molecule has 1 unspecified atom stereocenters. The van der Waals surface area contributed by atoms with Crippen LogP contribution in [0.5, 0.6) is 0 Å². The van der Waals surface area contributed by atoms with Crippen molar-refractivity contribution in [3.63, 3.8) is 0 Å². The molecule has 0 spiro atoms. The fourth-order valence-corrected chi connectivity index (χ4v) is 3.16. The third-order valence-corrected chi connectivity index (χ3v) is 4.33. The van der Waals surface area contributed by atoms with Crippen LogP contribution < -0.4 is 16.4 Å². The monoisotopic (exact) mass is 288 g/mol. The number of carbonyl (C=O) groups excluding carboxylic acids is 1. The summed E-state index contributed by atoms with van der Waals surface area (Å²) in [4.78, 5) is 18.2. The summed E-state index contributed by atoms with van der Waals surface area (Å²) >= 11 is 1.48. The number of nitrogen functional groups attached to an aromatic ring is 1. The van der Waals surface area contributed by atoms with E-state index < -0.39 is 0 Å². The highest BCUT2D eigenvalue weighted by molar-refractivity contribution is 7.14. The average molecular weight is 288 g/mol. The molecule has 4 N–H and O–H groups in total. The lowest BCUT2D eigenvalue weighted by molar-refractivity contribution is -0.117. The first-order valence-corrected chi connectivity index (χ1v) is 7.37. The van der Waals surface area contributed by atoms with E-state index in [1.54, 1.807) is 4.90 Å². The zero-order chi connectivity index (χ0) is 14.1. The first-order valence-electron chi connectivity index (χ1n) is 6.49. The van der Waals surface area contributed by atoms with E-state index >= 15 is 0 Å². The van der Waals surface area contributed by atoms with E-state index in [0.29, 0.717) is 19.5 Å². The molecule has 3 rings (SSSR count). The van der Waals surface area contributed by atoms with E-state index in [2.05, 4.69) is 4.98 Å². The number of rotatable bonds is 3. The van der Waals surface area contributed by atoms with Crippen LogP contribution in [0.3, 0.4) is 0 Å². The van der Waals surface area contributed by atoms with Crippen LogP contribution in [-0.2, 0) is 4.79 Å². The highest BCUT2D eigenvalue weighted by Crippen LogP contribution is 2.31. The highest BCUT2D eigenvalue weighted by Gasteiger charge is 2.31. The molecule has 1 saturated heterocycles. The molecule has 0 saturated carbocycles. The second kappa shape index (κ2) is 5.22. The van der Waals surface area contributed by atoms with Gasteiger partial charge in [-0.05, 0) is 24.6 Å². The van der Waals surface area contributed by atoms with Gasteiger partial charge in [0.25, 0.3) is 0 Å². The number of thiazole rings is 1. The normalized spacial score (nSPS) is 18.8. The van der Waals surface area contributed by atoms with Crippen LogP contribution in [0.2, 0.25) is 0 Å². The number of anilines is 2. The molecule has 1 aliphatic rings. The van der Waals surface area contributed by atoms with Crippen LogP contribution in [0.4, 0.5) is 10.8 Å². The Bertz CT molecular complexity index is 622. The maximum atomic E-state index is 12.0. The molecule has 1 atom stereocenters. The van der Waals surface area contributed by atoms with Crippen molar-refractivity contribution in [2.75, 3.05) is 23.7 Å². The van der Waals surface area contributed by atoms with E-state index in [1.807, 2.05) is 29.6 Å². The van der Waals surface area contributed by atoms with Crippen molar-refractivity contribution >= 4 is 28.1 Å². The Labute approximate surface area is 121 Å². The van der Waals surface area contributed by atoms with Gasteiger partial charge in [-0.15, -0.1) is 11.3 Å². The van der Waals surface area contributed by atoms with Gasteiger partial charge in [0.15, 0.2) is 5.13 Å². The smallest absolute Gasteiger partial charge is 0.229 e. The summed E-state index contributed by atoms with van der Waals surface area (Å²) in [6.07, 6.45) is 0.521. The Balaban J connectivity index is 1.83. The van der Waals surface area contributed by atoms with Crippen LogP contribution in [0.15, 0.2) is 29.6 Å². The van der Waals surface area contributed by atoms with Gasteiger partial charge >= 0.3 is 0 Å². The largest absolute Gasteiger partial charge is 0.399 e. The minimum Gasteiger partial charge on any atom is -0.399 e. The second-order valence-corrected chi connectivity index (χ2v) is 5.78. The molecule has 6 heteroatoms. The molecule has 0 aliphatic carbocycles. The van der Waals surface area contributed by atoms with E-state index in [-0.39, 0.29) is 11.8 Å². The predicted octanol–water partition coefficient (Wildman–Crippen LogP) is 1.70. The summed E-state index contributed by atoms with van der Waals surface area (Å²) in [5, 5.41) is 2.71. The quantitative estimate of drug-likeness (QED) is 0.842. The Morgan fingerprint density at radius 2 is 2.10 bits per heavy atom. The summed E-state index contributed by atoms with van der Waals surface area (Å²) in [5.74, 6) is 0.352. The molecule has 2 aromatic rings. The van der Waals surface area contributed by atoms with Gasteiger partial charge in [-0.1, -0.05) is 12.1 Å². The van der Waals surface area contributed by atoms with Crippen molar-refractivity contribution < 1.29 is 4.79 Å². The molecule has 2 heterocycles. The van der Waals surface area contributed by atoms with E-state index in [4.69, 9.17) is 11.5 Å². The number of amides is 1. The third kappa shape index (κ3) is 2.39. The predicted molar refractivity (Wildman–Crippen MR) is 81.5 cm³/mol. The van der Waals surface area contributed by atoms with Crippen LogP contribution in [-0.4, -0.2) is 24.0 Å². The molecule has 1 aromatic heterocycles. The van der Waals surface area contributed by atoms with E-state index in [9.17, 15) is 4.79 Å². The molecule has 0 radical (unpaired) electrons. The summed E-state index contributed by atoms with van der Waals surface area (Å²) in [6, 6.07) is 7.56. The van der Waals surface area contributed by atoms with Gasteiger partial charge in [-0.25, -0.2) is 4.98 Å². The van der Waals surface area contributed by atoms with Crippen molar-refractivity contribution in [3.05, 3.63) is 29.6 Å². The molecular weight excluding hydrogens is 272 g/mol. The Morgan fingerprint density at radius 3 is 2.75 bits per heavy atom. The summed E-state index contributed by atoms with van der Waals surface area (Å²) < 4.78 is 0. The van der Waals surface area contributed by atoms with Gasteiger partial charge in [0.2, 0.25) is 5.91 Å². The number of hydrogen-bond donors (Lipinski definition) is 2. The van der Waals surface area contributed by atoms with Gasteiger partial charge < -0.3 is 11.5 Å². The zero-order valence-corrected chi connectivity index (χ0v) is 11.8. The summed E-state index contributed by atoms with van der Waals surface area (Å²) in [7, 11) is 0. The van der Waals surface area contributed by atoms with Gasteiger partial charge in [0.05, 0.1) is 5.69 Å². The summed E-state index contributed by atoms with van der Waals surface area (Å²) in [6.45, 7) is 1.21. The Morgan fingerprint density at radius 1 is 1.35 bits per heavy atom. The molecular formula is C14H16N4OS. The average Bonchev–Trinajstić information content (AvgIpc) is 3.06. The van der Waals surface area contributed by atoms with E-state index in [1.165, 1.54) is 11.3 Å². The van der Waals surface area contributed by atoms with Gasteiger partial charge in [0.1, 0.15) is 0 Å². The minimum atomic E-state index is 0.110. The summed E-state index contributed by atoms with van der Waals surface area (Å²) in [5.41, 5.74) is 13.9.